The van der Waals surface area contributed by atoms with Crippen LogP contribution in [0.25, 0.3) is 0 Å². The van der Waals surface area contributed by atoms with Crippen molar-refractivity contribution in [1.82, 2.24) is 0 Å². The minimum Gasteiger partial charge on any atom is -0.506 e. The molecule has 0 aliphatic rings. The predicted octanol–water partition coefficient (Wildman–Crippen LogP) is 3.17. The molecule has 0 heterocycles. The molecule has 0 aliphatic heterocycles. The second-order valence-corrected chi connectivity index (χ2v) is 4.22. The summed E-state index contributed by atoms with van der Waals surface area (Å²) in [5, 5.41) is 21.0. The van der Waals surface area contributed by atoms with Crippen LogP contribution < -0.4 is 5.32 Å². The summed E-state index contributed by atoms with van der Waals surface area (Å²) in [6.07, 6.45) is 0. The molecule has 0 aliphatic carbocycles. The Bertz CT molecular complexity index is 677. The summed E-state index contributed by atoms with van der Waals surface area (Å²) >= 11 is 5.68. The number of nitrogens with one attached hydrogen (secondary N) is 1. The summed E-state index contributed by atoms with van der Waals surface area (Å²) in [5.41, 5.74) is 1.20. The zero-order chi connectivity index (χ0) is 13.8. The fourth-order valence-electron chi connectivity index (χ4n) is 1.52. The van der Waals surface area contributed by atoms with E-state index in [4.69, 9.17) is 16.9 Å². The van der Waals surface area contributed by atoms with Gasteiger partial charge in [-0.1, -0.05) is 17.7 Å². The first-order valence-electron chi connectivity index (χ1n) is 5.40. The second-order valence-electron chi connectivity index (χ2n) is 3.81. The van der Waals surface area contributed by atoms with Crippen molar-refractivity contribution in [2.75, 3.05) is 5.32 Å². The maximum Gasteiger partial charge on any atom is 0.255 e. The summed E-state index contributed by atoms with van der Waals surface area (Å²) in [7, 11) is 0. The molecule has 94 valence electrons. The van der Waals surface area contributed by atoms with E-state index in [0.717, 1.165) is 0 Å². The van der Waals surface area contributed by atoms with Gasteiger partial charge in [0.25, 0.3) is 5.91 Å². The number of amides is 1. The molecule has 0 radical (unpaired) electrons. The molecule has 1 amide bonds. The molecule has 0 atom stereocenters. The molecule has 2 N–H and O–H groups in total. The number of hydrogen-bond acceptors (Lipinski definition) is 3. The number of hydrogen-bond donors (Lipinski definition) is 2. The molecule has 0 unspecified atom stereocenters. The normalized spacial score (nSPS) is 9.68. The molecule has 5 heteroatoms. The highest BCUT2D eigenvalue weighted by Gasteiger charge is 2.08. The maximum atomic E-state index is 11.9. The number of nitrogens with zero attached hydrogens (tertiary/aromatic N) is 1. The molecule has 0 bridgehead atoms. The minimum absolute atomic E-state index is 0.106. The van der Waals surface area contributed by atoms with Crippen LogP contribution in [0.5, 0.6) is 5.75 Å². The van der Waals surface area contributed by atoms with Crippen LogP contribution >= 0.6 is 11.6 Å². The van der Waals surface area contributed by atoms with Gasteiger partial charge in [-0.3, -0.25) is 4.79 Å². The van der Waals surface area contributed by atoms with Crippen LogP contribution in [0.2, 0.25) is 5.02 Å². The summed E-state index contributed by atoms with van der Waals surface area (Å²) in [5.74, 6) is -0.468. The predicted molar refractivity (Wildman–Crippen MR) is 72.2 cm³/mol. The van der Waals surface area contributed by atoms with Crippen molar-refractivity contribution in [3.05, 3.63) is 58.6 Å². The molecule has 0 saturated carbocycles. The Morgan fingerprint density at radius 3 is 2.74 bits per heavy atom. The van der Waals surface area contributed by atoms with Crippen LogP contribution in [0.3, 0.4) is 0 Å². The molecule has 0 saturated heterocycles. The van der Waals surface area contributed by atoms with Crippen molar-refractivity contribution in [2.24, 2.45) is 0 Å². The van der Waals surface area contributed by atoms with E-state index < -0.39 is 0 Å². The summed E-state index contributed by atoms with van der Waals surface area (Å²) in [6.45, 7) is 0. The average molecular weight is 273 g/mol. The Morgan fingerprint density at radius 1 is 1.26 bits per heavy atom. The molecule has 2 aromatic carbocycles. The van der Waals surface area contributed by atoms with Crippen LogP contribution in [0.4, 0.5) is 5.69 Å². The third kappa shape index (κ3) is 3.03. The zero-order valence-corrected chi connectivity index (χ0v) is 10.5. The molecule has 0 fully saturated rings. The van der Waals surface area contributed by atoms with Crippen LogP contribution in [0, 0.1) is 11.3 Å². The number of phenols is 1. The lowest BCUT2D eigenvalue weighted by Gasteiger charge is -2.06. The van der Waals surface area contributed by atoms with Gasteiger partial charge in [0.2, 0.25) is 0 Å². The fourth-order valence-corrected chi connectivity index (χ4v) is 1.64. The topological polar surface area (TPSA) is 73.1 Å². The van der Waals surface area contributed by atoms with Crippen molar-refractivity contribution in [3.63, 3.8) is 0 Å². The van der Waals surface area contributed by atoms with Gasteiger partial charge in [-0.2, -0.15) is 5.26 Å². The van der Waals surface area contributed by atoms with E-state index in [1.165, 1.54) is 18.2 Å². The molecule has 19 heavy (non-hydrogen) atoms. The van der Waals surface area contributed by atoms with Crippen LogP contribution in [-0.2, 0) is 0 Å². The number of rotatable bonds is 2. The van der Waals surface area contributed by atoms with Crippen molar-refractivity contribution in [1.29, 1.82) is 5.26 Å². The number of carbonyl (C=O) groups excluding carboxylic acids is 1. The number of anilines is 1. The Morgan fingerprint density at radius 2 is 2.05 bits per heavy atom. The number of phenolic OH excluding ortho intramolecular Hbond substituents is 1. The smallest absolute Gasteiger partial charge is 0.255 e. The van der Waals surface area contributed by atoms with Gasteiger partial charge in [-0.05, 0) is 30.3 Å². The Labute approximate surface area is 114 Å². The molecular formula is C14H9ClN2O2. The third-order valence-electron chi connectivity index (χ3n) is 2.46. The quantitative estimate of drug-likeness (QED) is 0.882. The first-order valence-corrected chi connectivity index (χ1v) is 5.78. The molecular weight excluding hydrogens is 264 g/mol. The first kappa shape index (κ1) is 12.9. The van der Waals surface area contributed by atoms with Gasteiger partial charge in [-0.15, -0.1) is 0 Å². The monoisotopic (exact) mass is 272 g/mol. The highest BCUT2D eigenvalue weighted by Crippen LogP contribution is 2.26. The number of benzene rings is 2. The standard InChI is InChI=1S/C14H9ClN2O2/c15-12-5-4-11(7-13(12)18)17-14(19)10-3-1-2-9(6-10)8-16/h1-7,18H,(H,17,19). The van der Waals surface area contributed by atoms with Gasteiger partial charge >= 0.3 is 0 Å². The number of nitriles is 1. The zero-order valence-electron chi connectivity index (χ0n) is 9.72. The number of halogens is 1. The lowest BCUT2D eigenvalue weighted by Crippen LogP contribution is -2.11. The Kier molecular flexibility index (Phi) is 3.69. The van der Waals surface area contributed by atoms with Gasteiger partial charge in [0.1, 0.15) is 5.75 Å². The Balaban J connectivity index is 2.21. The van der Waals surface area contributed by atoms with Crippen LogP contribution in [-0.4, -0.2) is 11.0 Å². The first-order chi connectivity index (χ1) is 9.10. The van der Waals surface area contributed by atoms with Crippen molar-refractivity contribution >= 4 is 23.2 Å². The summed E-state index contributed by atoms with van der Waals surface area (Å²) < 4.78 is 0. The van der Waals surface area contributed by atoms with Crippen LogP contribution in [0.1, 0.15) is 15.9 Å². The van der Waals surface area contributed by atoms with Crippen molar-refractivity contribution in [2.45, 2.75) is 0 Å². The molecule has 4 nitrogen and oxygen atoms in total. The largest absolute Gasteiger partial charge is 0.506 e. The van der Waals surface area contributed by atoms with Gasteiger partial charge < -0.3 is 10.4 Å². The third-order valence-corrected chi connectivity index (χ3v) is 2.78. The van der Waals surface area contributed by atoms with Crippen molar-refractivity contribution < 1.29 is 9.90 Å². The number of carbonyl (C=O) groups is 1. The summed E-state index contributed by atoms with van der Waals surface area (Å²) in [4.78, 5) is 11.9. The molecule has 0 spiro atoms. The van der Waals surface area contributed by atoms with E-state index in [1.54, 1.807) is 24.3 Å². The van der Waals surface area contributed by atoms with Gasteiger partial charge in [0, 0.05) is 17.3 Å². The second kappa shape index (κ2) is 5.42. The highest BCUT2D eigenvalue weighted by molar-refractivity contribution is 6.32. The minimum atomic E-state index is -0.362. The van der Waals surface area contributed by atoms with E-state index in [9.17, 15) is 9.90 Å². The van der Waals surface area contributed by atoms with Crippen LogP contribution in [0.15, 0.2) is 42.5 Å². The average Bonchev–Trinajstić information content (AvgIpc) is 2.43. The van der Waals surface area contributed by atoms with Crippen molar-refractivity contribution in [3.8, 4) is 11.8 Å². The highest BCUT2D eigenvalue weighted by atomic mass is 35.5. The molecule has 2 rings (SSSR count). The number of aromatic hydroxyl groups is 1. The van der Waals surface area contributed by atoms with E-state index in [1.807, 2.05) is 6.07 Å². The van der Waals surface area contributed by atoms with Gasteiger partial charge in [0.15, 0.2) is 0 Å². The van der Waals surface area contributed by atoms with E-state index in [2.05, 4.69) is 5.32 Å². The van der Waals surface area contributed by atoms with E-state index in [-0.39, 0.29) is 16.7 Å². The van der Waals surface area contributed by atoms with E-state index >= 15 is 0 Å². The van der Waals surface area contributed by atoms with Gasteiger partial charge in [0.05, 0.1) is 16.7 Å². The molecule has 2 aromatic rings. The SMILES string of the molecule is N#Cc1cccc(C(=O)Nc2ccc(Cl)c(O)c2)c1. The lowest BCUT2D eigenvalue weighted by molar-refractivity contribution is 0.102. The Hall–Kier alpha value is -2.51. The van der Waals surface area contributed by atoms with Gasteiger partial charge in [-0.25, -0.2) is 0 Å². The molecule has 0 aromatic heterocycles. The maximum absolute atomic E-state index is 11.9. The van der Waals surface area contributed by atoms with E-state index in [0.29, 0.717) is 16.8 Å². The fraction of sp³-hybridized carbons (Fsp3) is 0. The summed E-state index contributed by atoms with van der Waals surface area (Å²) in [6, 6.07) is 12.7. The lowest BCUT2D eigenvalue weighted by atomic mass is 10.1.